The van der Waals surface area contributed by atoms with Crippen LogP contribution in [0.25, 0.3) is 0 Å². The average molecular weight is 489 g/mol. The molecule has 0 aromatic carbocycles. The molecule has 0 bridgehead atoms. The molecule has 0 nitrogen and oxygen atoms in total. The van der Waals surface area contributed by atoms with E-state index in [0.717, 1.165) is 29.6 Å². The largest absolute Gasteiger partial charge is 1.00 e. The first-order chi connectivity index (χ1) is 12.4. The van der Waals surface area contributed by atoms with Crippen LogP contribution in [0, 0.1) is 46.8 Å². The van der Waals surface area contributed by atoms with E-state index in [9.17, 15) is 0 Å². The molecule has 0 aliphatic heterocycles. The third-order valence-corrected chi connectivity index (χ3v) is 9.64. The van der Waals surface area contributed by atoms with E-state index in [2.05, 4.69) is 40.2 Å². The van der Waals surface area contributed by atoms with Gasteiger partial charge in [-0.25, -0.2) is 0 Å². The molecule has 0 radical (unpaired) electrons. The van der Waals surface area contributed by atoms with Crippen LogP contribution < -0.4 is 68.9 Å². The molecule has 4 aliphatic rings. The van der Waals surface area contributed by atoms with Crippen molar-refractivity contribution in [1.82, 2.24) is 0 Å². The monoisotopic (exact) mass is 488 g/mol. The van der Waals surface area contributed by atoms with Crippen molar-refractivity contribution in [2.75, 3.05) is 0 Å². The van der Waals surface area contributed by atoms with Crippen molar-refractivity contribution >= 4 is 0 Å². The van der Waals surface area contributed by atoms with Crippen LogP contribution in [0.1, 0.15) is 105 Å². The summed E-state index contributed by atoms with van der Waals surface area (Å²) >= 11 is 0. The molecule has 4 aliphatic carbocycles. The minimum absolute atomic E-state index is 0. The Morgan fingerprint density at radius 3 is 2.67 bits per heavy atom. The quantitative estimate of drug-likeness (QED) is 0.291. The molecule has 0 saturated heterocycles. The Labute approximate surface area is 228 Å². The molecule has 0 heterocycles. The molecular weight excluding hydrogens is 445 g/mol. The zero-order chi connectivity index (χ0) is 18.4. The van der Waals surface area contributed by atoms with Gasteiger partial charge < -0.3 is 6.42 Å². The van der Waals surface area contributed by atoms with E-state index in [1.54, 1.807) is 0 Å². The summed E-state index contributed by atoms with van der Waals surface area (Å²) in [6.07, 6.45) is 22.8. The normalized spacial score (nSPS) is 43.4. The maximum atomic E-state index is 2.71. The van der Waals surface area contributed by atoms with Gasteiger partial charge in [0.1, 0.15) is 0 Å². The van der Waals surface area contributed by atoms with Crippen molar-refractivity contribution in [2.45, 2.75) is 105 Å². The Morgan fingerprint density at radius 1 is 1.07 bits per heavy atom. The summed E-state index contributed by atoms with van der Waals surface area (Å²) < 4.78 is 0. The summed E-state index contributed by atoms with van der Waals surface area (Å²) in [6.45, 7) is 10.1. The average Bonchev–Trinajstić information content (AvgIpc) is 2.94. The van der Waals surface area contributed by atoms with Crippen molar-refractivity contribution in [1.29, 1.82) is 0 Å². The van der Waals surface area contributed by atoms with Gasteiger partial charge in [-0.15, -0.1) is 0 Å². The summed E-state index contributed by atoms with van der Waals surface area (Å²) in [5.74, 6) is 4.93. The van der Waals surface area contributed by atoms with Crippen LogP contribution in [-0.4, -0.2) is 0 Å². The maximum Gasteiger partial charge on any atom is 1.00 e. The minimum atomic E-state index is 0. The molecular formula is C26H43Cs. The van der Waals surface area contributed by atoms with E-state index < -0.39 is 0 Å². The van der Waals surface area contributed by atoms with E-state index in [-0.39, 0.29) is 68.9 Å². The molecule has 3 fully saturated rings. The van der Waals surface area contributed by atoms with Crippen LogP contribution in [-0.2, 0) is 0 Å². The van der Waals surface area contributed by atoms with Crippen molar-refractivity contribution in [3.8, 4) is 0 Å². The van der Waals surface area contributed by atoms with Gasteiger partial charge in [-0.3, -0.25) is 0 Å². The minimum Gasteiger partial charge on any atom is -0.325 e. The first-order valence-electron chi connectivity index (χ1n) is 12.0. The first kappa shape index (κ1) is 23.5. The number of hydrogen-bond acceptors (Lipinski definition) is 0. The Balaban J connectivity index is 0.00000210. The van der Waals surface area contributed by atoms with E-state index in [4.69, 9.17) is 0 Å². The van der Waals surface area contributed by atoms with E-state index in [1.165, 1.54) is 77.0 Å². The molecule has 27 heavy (non-hydrogen) atoms. The fraction of sp³-hybridized carbons (Fsp3) is 0.885. The van der Waals surface area contributed by atoms with Crippen LogP contribution in [0.5, 0.6) is 0 Å². The molecule has 6 atom stereocenters. The summed E-state index contributed by atoms with van der Waals surface area (Å²) in [7, 11) is 0. The van der Waals surface area contributed by atoms with Gasteiger partial charge in [-0.05, 0) is 78.9 Å². The van der Waals surface area contributed by atoms with Crippen LogP contribution in [0.3, 0.4) is 0 Å². The number of fused-ring (bicyclic) bond motifs is 5. The molecule has 0 spiro atoms. The molecule has 0 amide bonds. The van der Waals surface area contributed by atoms with Crippen LogP contribution >= 0.6 is 0 Å². The number of hydrogen-bond donors (Lipinski definition) is 0. The van der Waals surface area contributed by atoms with E-state index >= 15 is 0 Å². The molecule has 1 heteroatoms. The topological polar surface area (TPSA) is 0 Å². The van der Waals surface area contributed by atoms with E-state index in [0.29, 0.717) is 10.8 Å². The summed E-state index contributed by atoms with van der Waals surface area (Å²) in [4.78, 5) is 0. The zero-order valence-electron chi connectivity index (χ0n) is 19.0. The molecule has 4 rings (SSSR count). The Hall–Kier alpha value is 1.79. The Bertz CT molecular complexity index is 534. The van der Waals surface area contributed by atoms with Crippen molar-refractivity contribution in [2.24, 2.45) is 40.4 Å². The maximum absolute atomic E-state index is 2.71. The van der Waals surface area contributed by atoms with Gasteiger partial charge in [0.15, 0.2) is 0 Å². The first-order valence-corrected chi connectivity index (χ1v) is 12.0. The van der Waals surface area contributed by atoms with Crippen molar-refractivity contribution in [3.63, 3.8) is 0 Å². The molecule has 3 saturated carbocycles. The molecule has 5 unspecified atom stereocenters. The zero-order valence-corrected chi connectivity index (χ0v) is 25.3. The van der Waals surface area contributed by atoms with Gasteiger partial charge in [0.25, 0.3) is 0 Å². The molecule has 0 aromatic heterocycles. The predicted molar refractivity (Wildman–Crippen MR) is 113 cm³/mol. The fourth-order valence-electron chi connectivity index (χ4n) is 8.01. The number of allylic oxidation sites excluding steroid dienone is 2. The number of rotatable bonds is 5. The van der Waals surface area contributed by atoms with Gasteiger partial charge in [0.2, 0.25) is 0 Å². The molecule has 0 aromatic rings. The summed E-state index contributed by atoms with van der Waals surface area (Å²) in [6, 6.07) is 0. The van der Waals surface area contributed by atoms with Gasteiger partial charge >= 0.3 is 68.9 Å². The Morgan fingerprint density at radius 2 is 1.89 bits per heavy atom. The van der Waals surface area contributed by atoms with Crippen molar-refractivity contribution < 1.29 is 68.9 Å². The SMILES string of the molecule is CC(C)CCCC[C@@H]1CCC2C3CC=C4C[CH-]CCC4(C)C3CCC21C.[Cs+]. The fourth-order valence-corrected chi connectivity index (χ4v) is 8.01. The third-order valence-electron chi connectivity index (χ3n) is 9.64. The van der Waals surface area contributed by atoms with Crippen LogP contribution in [0.4, 0.5) is 0 Å². The second kappa shape index (κ2) is 9.51. The van der Waals surface area contributed by atoms with Gasteiger partial charge in [-0.1, -0.05) is 65.0 Å². The standard InChI is InChI=1S/C26H43.Cs/c1-19(2)9-5-6-10-21-13-15-23-22-14-12-20-11-7-8-17-25(20,3)24(22)16-18-26(21,23)4;/h7,12,19,21-24H,5-6,8-11,13-18H2,1-4H3;/q-1;+1/t21-,22?,23?,24?,25?,26?;/m1./s1. The summed E-state index contributed by atoms with van der Waals surface area (Å²) in [5, 5.41) is 0. The molecule has 148 valence electrons. The predicted octanol–water partition coefficient (Wildman–Crippen LogP) is 4.99. The Kier molecular flexibility index (Phi) is 8.26. The molecule has 0 N–H and O–H groups in total. The second-order valence-electron chi connectivity index (χ2n) is 11.3. The second-order valence-corrected chi connectivity index (χ2v) is 11.3. The third kappa shape index (κ3) is 4.40. The smallest absolute Gasteiger partial charge is 0.325 e. The van der Waals surface area contributed by atoms with Crippen LogP contribution in [0.15, 0.2) is 11.6 Å². The van der Waals surface area contributed by atoms with Gasteiger partial charge in [0.05, 0.1) is 0 Å². The number of unbranched alkanes of at least 4 members (excludes halogenated alkanes) is 1. The van der Waals surface area contributed by atoms with Gasteiger partial charge in [0, 0.05) is 0 Å². The summed E-state index contributed by atoms with van der Waals surface area (Å²) in [5.41, 5.74) is 3.03. The van der Waals surface area contributed by atoms with Gasteiger partial charge in [-0.2, -0.15) is 12.8 Å². The van der Waals surface area contributed by atoms with Crippen molar-refractivity contribution in [3.05, 3.63) is 18.1 Å². The van der Waals surface area contributed by atoms with Crippen LogP contribution in [0.2, 0.25) is 0 Å². The van der Waals surface area contributed by atoms with E-state index in [1.807, 2.05) is 5.57 Å².